The molecule has 1 N–H and O–H groups in total. The van der Waals surface area contributed by atoms with Crippen LogP contribution in [-0.4, -0.2) is 50.7 Å². The molecule has 0 radical (unpaired) electrons. The Labute approximate surface area is 141 Å². The number of benzene rings is 1. The zero-order chi connectivity index (χ0) is 15.9. The van der Waals surface area contributed by atoms with Gasteiger partial charge in [0.15, 0.2) is 0 Å². The van der Waals surface area contributed by atoms with Gasteiger partial charge in [0, 0.05) is 36.8 Å². The van der Waals surface area contributed by atoms with Crippen molar-refractivity contribution in [1.29, 1.82) is 0 Å². The standard InChI is InChI=1S/C16H22Cl2N2O2/c1-22-8-7-20-6-5-12(11-20)10-19-16(21)9-13-14(17)3-2-4-15(13)18/h2-4,12H,5-11H2,1H3,(H,19,21). The van der Waals surface area contributed by atoms with Crippen LogP contribution in [0.3, 0.4) is 0 Å². The summed E-state index contributed by atoms with van der Waals surface area (Å²) in [7, 11) is 1.72. The SMILES string of the molecule is COCCN1CCC(CNC(=O)Cc2c(Cl)cccc2Cl)C1. The van der Waals surface area contributed by atoms with Crippen molar-refractivity contribution in [2.45, 2.75) is 12.8 Å². The average Bonchev–Trinajstić information content (AvgIpc) is 2.95. The minimum absolute atomic E-state index is 0.0367. The Morgan fingerprint density at radius 3 is 2.82 bits per heavy atom. The van der Waals surface area contributed by atoms with Crippen molar-refractivity contribution in [2.75, 3.05) is 39.9 Å². The van der Waals surface area contributed by atoms with Gasteiger partial charge in [-0.2, -0.15) is 0 Å². The lowest BCUT2D eigenvalue weighted by Gasteiger charge is -2.15. The number of carbonyl (C=O) groups is 1. The second-order valence-corrected chi connectivity index (χ2v) is 6.44. The highest BCUT2D eigenvalue weighted by Crippen LogP contribution is 2.24. The van der Waals surface area contributed by atoms with Gasteiger partial charge >= 0.3 is 0 Å². The van der Waals surface area contributed by atoms with E-state index in [1.54, 1.807) is 25.3 Å². The van der Waals surface area contributed by atoms with Crippen LogP contribution < -0.4 is 5.32 Å². The number of rotatable bonds is 7. The van der Waals surface area contributed by atoms with E-state index < -0.39 is 0 Å². The van der Waals surface area contributed by atoms with Gasteiger partial charge in [-0.05, 0) is 36.6 Å². The lowest BCUT2D eigenvalue weighted by molar-refractivity contribution is -0.120. The summed E-state index contributed by atoms with van der Waals surface area (Å²) in [6.45, 7) is 4.49. The number of hydrogen-bond donors (Lipinski definition) is 1. The first-order valence-corrected chi connectivity index (χ1v) is 8.26. The minimum atomic E-state index is -0.0367. The van der Waals surface area contributed by atoms with Crippen molar-refractivity contribution >= 4 is 29.1 Å². The van der Waals surface area contributed by atoms with E-state index in [-0.39, 0.29) is 12.3 Å². The maximum Gasteiger partial charge on any atom is 0.224 e. The molecule has 1 amide bonds. The van der Waals surface area contributed by atoms with Gasteiger partial charge in [0.2, 0.25) is 5.91 Å². The van der Waals surface area contributed by atoms with E-state index in [9.17, 15) is 4.79 Å². The van der Waals surface area contributed by atoms with E-state index in [0.717, 1.165) is 32.7 Å². The normalized spacial score (nSPS) is 18.6. The summed E-state index contributed by atoms with van der Waals surface area (Å²) in [5.41, 5.74) is 0.691. The fraction of sp³-hybridized carbons (Fsp3) is 0.562. The quantitative estimate of drug-likeness (QED) is 0.826. The van der Waals surface area contributed by atoms with E-state index in [2.05, 4.69) is 10.2 Å². The van der Waals surface area contributed by atoms with Crippen molar-refractivity contribution in [2.24, 2.45) is 5.92 Å². The predicted molar refractivity (Wildman–Crippen MR) is 89.6 cm³/mol. The van der Waals surface area contributed by atoms with Crippen LogP contribution in [0.4, 0.5) is 0 Å². The third-order valence-electron chi connectivity index (χ3n) is 3.97. The van der Waals surface area contributed by atoms with Gasteiger partial charge in [-0.3, -0.25) is 4.79 Å². The first-order valence-electron chi connectivity index (χ1n) is 7.51. The van der Waals surface area contributed by atoms with Gasteiger partial charge in [0.05, 0.1) is 13.0 Å². The Balaban J connectivity index is 1.75. The van der Waals surface area contributed by atoms with Crippen molar-refractivity contribution in [3.8, 4) is 0 Å². The van der Waals surface area contributed by atoms with E-state index in [1.165, 1.54) is 0 Å². The third kappa shape index (κ3) is 5.13. The highest BCUT2D eigenvalue weighted by molar-refractivity contribution is 6.36. The van der Waals surface area contributed by atoms with Gasteiger partial charge in [-0.25, -0.2) is 0 Å². The molecule has 1 aliphatic heterocycles. The van der Waals surface area contributed by atoms with Crippen LogP contribution in [0.25, 0.3) is 0 Å². The van der Waals surface area contributed by atoms with Gasteiger partial charge < -0.3 is 15.0 Å². The van der Waals surface area contributed by atoms with Crippen molar-refractivity contribution in [1.82, 2.24) is 10.2 Å². The van der Waals surface area contributed by atoms with Crippen LogP contribution in [0.5, 0.6) is 0 Å². The number of methoxy groups -OCH3 is 1. The van der Waals surface area contributed by atoms with Crippen LogP contribution in [0.15, 0.2) is 18.2 Å². The van der Waals surface area contributed by atoms with Gasteiger partial charge in [-0.1, -0.05) is 29.3 Å². The molecule has 0 spiro atoms. The predicted octanol–water partition coefficient (Wildman–Crippen LogP) is 2.62. The number of carbonyl (C=O) groups excluding carboxylic acids is 1. The average molecular weight is 345 g/mol. The number of nitrogens with one attached hydrogen (secondary N) is 1. The summed E-state index contributed by atoms with van der Waals surface area (Å²) < 4.78 is 5.09. The van der Waals surface area contributed by atoms with Crippen LogP contribution >= 0.6 is 23.2 Å². The number of likely N-dealkylation sites (tertiary alicyclic amines) is 1. The molecule has 0 aliphatic carbocycles. The summed E-state index contributed by atoms with van der Waals surface area (Å²) in [5.74, 6) is 0.466. The van der Waals surface area contributed by atoms with E-state index in [4.69, 9.17) is 27.9 Å². The summed E-state index contributed by atoms with van der Waals surface area (Å²) in [6, 6.07) is 5.28. The zero-order valence-corrected chi connectivity index (χ0v) is 14.3. The topological polar surface area (TPSA) is 41.6 Å². The zero-order valence-electron chi connectivity index (χ0n) is 12.8. The molecule has 2 rings (SSSR count). The van der Waals surface area contributed by atoms with Crippen LogP contribution in [0, 0.1) is 5.92 Å². The molecule has 0 bridgehead atoms. The fourth-order valence-electron chi connectivity index (χ4n) is 2.69. The molecule has 1 fully saturated rings. The monoisotopic (exact) mass is 344 g/mol. The van der Waals surface area contributed by atoms with Crippen molar-refractivity contribution in [3.63, 3.8) is 0 Å². The molecular formula is C16H22Cl2N2O2. The molecule has 1 atom stereocenters. The van der Waals surface area contributed by atoms with Gasteiger partial charge in [0.25, 0.3) is 0 Å². The van der Waals surface area contributed by atoms with E-state index in [1.807, 2.05) is 0 Å². The summed E-state index contributed by atoms with van der Waals surface area (Å²) in [6.07, 6.45) is 1.33. The lowest BCUT2D eigenvalue weighted by atomic mass is 10.1. The molecule has 0 saturated carbocycles. The van der Waals surface area contributed by atoms with Crippen LogP contribution in [0.2, 0.25) is 10.0 Å². The third-order valence-corrected chi connectivity index (χ3v) is 4.68. The number of hydrogen-bond acceptors (Lipinski definition) is 3. The first-order chi connectivity index (χ1) is 10.6. The molecule has 1 heterocycles. The molecule has 1 aromatic carbocycles. The van der Waals surface area contributed by atoms with Crippen molar-refractivity contribution in [3.05, 3.63) is 33.8 Å². The second kappa shape index (κ2) is 8.73. The number of amides is 1. The maximum atomic E-state index is 12.1. The summed E-state index contributed by atoms with van der Waals surface area (Å²) >= 11 is 12.2. The molecule has 1 aliphatic rings. The number of nitrogens with zero attached hydrogens (tertiary/aromatic N) is 1. The number of halogens is 2. The van der Waals surface area contributed by atoms with Crippen molar-refractivity contribution < 1.29 is 9.53 Å². The molecule has 1 saturated heterocycles. The molecule has 22 heavy (non-hydrogen) atoms. The first kappa shape index (κ1) is 17.5. The second-order valence-electron chi connectivity index (χ2n) is 5.63. The Hall–Kier alpha value is -0.810. The maximum absolute atomic E-state index is 12.1. The Bertz CT molecular complexity index is 491. The highest BCUT2D eigenvalue weighted by Gasteiger charge is 2.22. The van der Waals surface area contributed by atoms with Crippen LogP contribution in [-0.2, 0) is 16.0 Å². The smallest absolute Gasteiger partial charge is 0.224 e. The summed E-state index contributed by atoms with van der Waals surface area (Å²) in [5, 5.41) is 4.06. The molecule has 122 valence electrons. The number of ether oxygens (including phenoxy) is 1. The van der Waals surface area contributed by atoms with Gasteiger partial charge in [-0.15, -0.1) is 0 Å². The lowest BCUT2D eigenvalue weighted by Crippen LogP contribution is -2.32. The highest BCUT2D eigenvalue weighted by atomic mass is 35.5. The molecule has 0 aromatic heterocycles. The minimum Gasteiger partial charge on any atom is -0.383 e. The van der Waals surface area contributed by atoms with E-state index >= 15 is 0 Å². The fourth-order valence-corrected chi connectivity index (χ4v) is 3.22. The molecule has 4 nitrogen and oxygen atoms in total. The molecular weight excluding hydrogens is 323 g/mol. The van der Waals surface area contributed by atoms with Crippen LogP contribution in [0.1, 0.15) is 12.0 Å². The molecule has 1 aromatic rings. The van der Waals surface area contributed by atoms with E-state index in [0.29, 0.717) is 28.1 Å². The summed E-state index contributed by atoms with van der Waals surface area (Å²) in [4.78, 5) is 14.4. The molecule has 6 heteroatoms. The Morgan fingerprint density at radius 1 is 1.41 bits per heavy atom. The van der Waals surface area contributed by atoms with Gasteiger partial charge in [0.1, 0.15) is 0 Å². The largest absolute Gasteiger partial charge is 0.383 e. The molecule has 1 unspecified atom stereocenters. The Morgan fingerprint density at radius 2 is 2.14 bits per heavy atom. The Kier molecular flexibility index (Phi) is 6.96.